The van der Waals surface area contributed by atoms with Gasteiger partial charge in [0, 0.05) is 37.3 Å². The lowest BCUT2D eigenvalue weighted by Crippen LogP contribution is -2.59. The lowest BCUT2D eigenvalue weighted by molar-refractivity contribution is -0.259. The number of aryl methyl sites for hydroxylation is 2. The minimum Gasteiger partial charge on any atom is -0.460 e. The van der Waals surface area contributed by atoms with Gasteiger partial charge in [0.25, 0.3) is 0 Å². The van der Waals surface area contributed by atoms with Crippen LogP contribution in [0.2, 0.25) is 0 Å². The van der Waals surface area contributed by atoms with Crippen LogP contribution in [-0.4, -0.2) is 49.1 Å². The molecule has 0 radical (unpaired) electrons. The molecule has 0 amide bonds. The predicted octanol–water partition coefficient (Wildman–Crippen LogP) is 2.12. The van der Waals surface area contributed by atoms with Gasteiger partial charge < -0.3 is 28.1 Å². The molecule has 4 rings (SSSR count). The molecule has 0 unspecified atom stereocenters. The van der Waals surface area contributed by atoms with Gasteiger partial charge in [-0.2, -0.15) is 0 Å². The monoisotopic (exact) mass is 474 g/mol. The minimum atomic E-state index is -1.22. The smallest absolute Gasteiger partial charge is 0.339 e. The number of hydrogen-bond acceptors (Lipinski definition) is 10. The van der Waals surface area contributed by atoms with Crippen molar-refractivity contribution in [3.8, 4) is 5.75 Å². The molecule has 182 valence electrons. The highest BCUT2D eigenvalue weighted by molar-refractivity contribution is 5.86. The van der Waals surface area contributed by atoms with Gasteiger partial charge in [0.2, 0.25) is 12.4 Å². The topological polar surface area (TPSA) is 128 Å². The van der Waals surface area contributed by atoms with Crippen molar-refractivity contribution >= 4 is 28.9 Å². The number of carbonyl (C=O) groups is 3. The molecule has 4 atom stereocenters. The van der Waals surface area contributed by atoms with E-state index >= 15 is 0 Å². The Bertz CT molecular complexity index is 1200. The second-order valence-electron chi connectivity index (χ2n) is 8.38. The molecule has 0 bridgehead atoms. The van der Waals surface area contributed by atoms with Crippen LogP contribution in [0.3, 0.4) is 0 Å². The summed E-state index contributed by atoms with van der Waals surface area (Å²) in [4.78, 5) is 47.5. The number of benzene rings is 1. The summed E-state index contributed by atoms with van der Waals surface area (Å²) in [6.45, 7) is 5.17. The molecule has 1 fully saturated rings. The van der Waals surface area contributed by atoms with Gasteiger partial charge in [-0.15, -0.1) is 0 Å². The van der Waals surface area contributed by atoms with Crippen molar-refractivity contribution in [1.82, 2.24) is 0 Å². The van der Waals surface area contributed by atoms with Crippen LogP contribution in [0.4, 0.5) is 0 Å². The maximum Gasteiger partial charge on any atom is 0.339 e. The zero-order valence-corrected chi connectivity index (χ0v) is 19.4. The van der Waals surface area contributed by atoms with Gasteiger partial charge in [-0.3, -0.25) is 14.4 Å². The largest absolute Gasteiger partial charge is 0.460 e. The first-order chi connectivity index (χ1) is 16.2. The van der Waals surface area contributed by atoms with E-state index in [0.717, 1.165) is 23.8 Å². The predicted molar refractivity (Wildman–Crippen MR) is 116 cm³/mol. The van der Waals surface area contributed by atoms with Gasteiger partial charge in [0.1, 0.15) is 11.3 Å². The number of esters is 3. The lowest BCUT2D eigenvalue weighted by Gasteiger charge is -2.40. The van der Waals surface area contributed by atoms with E-state index < -0.39 is 42.5 Å². The van der Waals surface area contributed by atoms with E-state index in [9.17, 15) is 19.2 Å². The van der Waals surface area contributed by atoms with E-state index in [1.54, 1.807) is 13.0 Å². The molecule has 10 heteroatoms. The number of ether oxygens (including phenoxy) is 5. The normalized spacial score (nSPS) is 23.8. The van der Waals surface area contributed by atoms with Crippen LogP contribution in [0.1, 0.15) is 43.9 Å². The van der Waals surface area contributed by atoms with Crippen molar-refractivity contribution in [2.45, 2.75) is 71.6 Å². The highest BCUT2D eigenvalue weighted by Crippen LogP contribution is 2.35. The maximum absolute atomic E-state index is 12.4. The zero-order chi connectivity index (χ0) is 24.6. The van der Waals surface area contributed by atoms with Gasteiger partial charge >= 0.3 is 23.5 Å². The standard InChI is InChI=1S/C24H26O10/c1-11-18(9-8-16-15-6-5-7-17(15)23(28)34-20(11)16)33-24-22(32-14(4)27)21(31-13(3)26)19(10-29-24)30-12(2)25/h8-9,19,21-22,24H,5-7,10H2,1-4H3/t19-,21+,22-,24+/m1/s1. The average molecular weight is 474 g/mol. The van der Waals surface area contributed by atoms with Crippen molar-refractivity contribution in [2.24, 2.45) is 0 Å². The third-order valence-corrected chi connectivity index (χ3v) is 5.89. The molecule has 2 aliphatic rings. The van der Waals surface area contributed by atoms with Crippen molar-refractivity contribution in [1.29, 1.82) is 0 Å². The molecule has 1 aromatic carbocycles. The Hall–Kier alpha value is -3.40. The van der Waals surface area contributed by atoms with Crippen molar-refractivity contribution in [2.75, 3.05) is 6.61 Å². The molecule has 34 heavy (non-hydrogen) atoms. The summed E-state index contributed by atoms with van der Waals surface area (Å²) in [6.07, 6.45) is -2.14. The highest BCUT2D eigenvalue weighted by atomic mass is 16.7. The lowest BCUT2D eigenvalue weighted by atomic mass is 10.0. The third-order valence-electron chi connectivity index (χ3n) is 5.89. The fraction of sp³-hybridized carbons (Fsp3) is 0.500. The molecule has 0 N–H and O–H groups in total. The molecule has 1 saturated heterocycles. The summed E-state index contributed by atoms with van der Waals surface area (Å²) in [5, 5.41) is 0.853. The van der Waals surface area contributed by atoms with E-state index in [1.807, 2.05) is 6.07 Å². The fourth-order valence-electron chi connectivity index (χ4n) is 4.53. The Labute approximate surface area is 195 Å². The number of hydrogen-bond donors (Lipinski definition) is 0. The quantitative estimate of drug-likeness (QED) is 0.361. The van der Waals surface area contributed by atoms with Gasteiger partial charge in [-0.05, 0) is 43.9 Å². The number of carbonyl (C=O) groups excluding carboxylic acids is 3. The van der Waals surface area contributed by atoms with Crippen molar-refractivity contribution in [3.05, 3.63) is 39.2 Å². The second kappa shape index (κ2) is 9.46. The molecular weight excluding hydrogens is 448 g/mol. The summed E-state index contributed by atoms with van der Waals surface area (Å²) in [7, 11) is 0. The Morgan fingerprint density at radius 3 is 2.24 bits per heavy atom. The van der Waals surface area contributed by atoms with E-state index in [-0.39, 0.29) is 12.2 Å². The molecule has 1 aliphatic heterocycles. The molecule has 2 aromatic rings. The molecule has 0 saturated carbocycles. The summed E-state index contributed by atoms with van der Waals surface area (Å²) in [6, 6.07) is 3.54. The Kier molecular flexibility index (Phi) is 6.60. The Morgan fingerprint density at radius 2 is 1.56 bits per heavy atom. The third kappa shape index (κ3) is 4.63. The van der Waals surface area contributed by atoms with Crippen LogP contribution in [0.5, 0.6) is 5.75 Å². The maximum atomic E-state index is 12.4. The summed E-state index contributed by atoms with van der Waals surface area (Å²) in [5.74, 6) is -1.60. The average Bonchev–Trinajstić information content (AvgIpc) is 3.24. The number of rotatable bonds is 5. The molecular formula is C24H26O10. The number of fused-ring (bicyclic) bond motifs is 3. The van der Waals surface area contributed by atoms with Crippen LogP contribution in [-0.2, 0) is 46.2 Å². The van der Waals surface area contributed by atoms with Crippen LogP contribution < -0.4 is 10.4 Å². The van der Waals surface area contributed by atoms with E-state index in [1.165, 1.54) is 20.8 Å². The first kappa shape index (κ1) is 23.7. The molecule has 10 nitrogen and oxygen atoms in total. The molecule has 0 spiro atoms. The van der Waals surface area contributed by atoms with Crippen molar-refractivity contribution in [3.63, 3.8) is 0 Å². The van der Waals surface area contributed by atoms with E-state index in [4.69, 9.17) is 28.1 Å². The van der Waals surface area contributed by atoms with Gasteiger partial charge in [-0.25, -0.2) is 4.79 Å². The van der Waals surface area contributed by atoms with Crippen LogP contribution in [0.25, 0.3) is 11.0 Å². The van der Waals surface area contributed by atoms with Crippen molar-refractivity contribution < 1.29 is 42.5 Å². The van der Waals surface area contributed by atoms with Crippen LogP contribution in [0.15, 0.2) is 21.3 Å². The first-order valence-corrected chi connectivity index (χ1v) is 11.0. The van der Waals surface area contributed by atoms with Crippen LogP contribution in [0, 0.1) is 6.92 Å². The Morgan fingerprint density at radius 1 is 0.912 bits per heavy atom. The Balaban J connectivity index is 1.68. The SMILES string of the molecule is CC(=O)O[C@@H]1[C@@H](OC(C)=O)[C@H](Oc2ccc3c4c(c(=O)oc3c2C)CCC4)OC[C@H]1OC(C)=O. The summed E-state index contributed by atoms with van der Waals surface area (Å²) >= 11 is 0. The second-order valence-corrected chi connectivity index (χ2v) is 8.38. The fourth-order valence-corrected chi connectivity index (χ4v) is 4.53. The molecule has 2 heterocycles. The zero-order valence-electron chi connectivity index (χ0n) is 19.4. The van der Waals surface area contributed by atoms with Gasteiger partial charge in [0.15, 0.2) is 12.2 Å². The summed E-state index contributed by atoms with van der Waals surface area (Å²) in [5.41, 5.74) is 2.34. The minimum absolute atomic E-state index is 0.158. The van der Waals surface area contributed by atoms with Crippen LogP contribution >= 0.6 is 0 Å². The van der Waals surface area contributed by atoms with E-state index in [2.05, 4.69) is 0 Å². The van der Waals surface area contributed by atoms with E-state index in [0.29, 0.717) is 28.9 Å². The first-order valence-electron chi connectivity index (χ1n) is 11.0. The molecule has 1 aromatic heterocycles. The van der Waals surface area contributed by atoms with Gasteiger partial charge in [0.05, 0.1) is 6.61 Å². The van der Waals surface area contributed by atoms with Gasteiger partial charge in [-0.1, -0.05) is 0 Å². The molecule has 1 aliphatic carbocycles. The highest BCUT2D eigenvalue weighted by Gasteiger charge is 2.48. The summed E-state index contributed by atoms with van der Waals surface area (Å²) < 4.78 is 33.3.